The molecule has 6 aliphatic carbocycles. The first-order valence-corrected chi connectivity index (χ1v) is 31.4. The number of nitrogens with zero attached hydrogens (tertiary/aromatic N) is 2. The van der Waals surface area contributed by atoms with E-state index in [9.17, 15) is 0 Å². The molecule has 0 spiro atoms. The van der Waals surface area contributed by atoms with Gasteiger partial charge < -0.3 is 0 Å². The van der Waals surface area contributed by atoms with Gasteiger partial charge in [-0.2, -0.15) is 0 Å². The van der Waals surface area contributed by atoms with Crippen molar-refractivity contribution in [2.75, 3.05) is 37.0 Å². The molecule has 0 N–H and O–H groups in total. The Morgan fingerprint density at radius 1 is 0.315 bits per heavy atom. The van der Waals surface area contributed by atoms with Crippen molar-refractivity contribution in [3.63, 3.8) is 0 Å². The molecule has 6 fully saturated rings. The van der Waals surface area contributed by atoms with Gasteiger partial charge in [0.05, 0.1) is 0 Å². The fraction of sp³-hybridized carbons (Fsp3) is 1.00. The zero-order valence-electron chi connectivity index (χ0n) is 36.1. The van der Waals surface area contributed by atoms with Crippen LogP contribution in [0.5, 0.6) is 0 Å². The SMILES string of the molecule is C1CCC(P(CCP(CCP(C2CCCCC2)C2CCCCC2)CCP(C2CCCCC2)C2CCCCC2)C2CCCCC2)CC1.CCCCC.N#N.[Ru]. The summed E-state index contributed by atoms with van der Waals surface area (Å²) in [6.45, 7) is 4.42. The minimum Gasteiger partial charge on any atom is -0.106 e. The van der Waals surface area contributed by atoms with Crippen LogP contribution in [0.3, 0.4) is 0 Å². The molecule has 0 amide bonds. The molecule has 6 saturated carbocycles. The molecule has 0 bridgehead atoms. The van der Waals surface area contributed by atoms with Crippen LogP contribution in [0, 0.1) is 10.8 Å². The monoisotopic (exact) mass is 909 g/mol. The average molecular weight is 908 g/mol. The normalized spacial score (nSPS) is 23.5. The van der Waals surface area contributed by atoms with Crippen molar-refractivity contribution in [2.24, 2.45) is 0 Å². The molecule has 0 radical (unpaired) electrons. The summed E-state index contributed by atoms with van der Waals surface area (Å²) in [5.41, 5.74) is 7.04. The van der Waals surface area contributed by atoms with Gasteiger partial charge in [-0.15, -0.1) is 7.92 Å². The molecule has 316 valence electrons. The number of hydrogen-bond donors (Lipinski definition) is 0. The first-order valence-electron chi connectivity index (χ1n) is 24.5. The summed E-state index contributed by atoms with van der Waals surface area (Å²) in [5.74, 6) is 0. The summed E-state index contributed by atoms with van der Waals surface area (Å²) in [7, 11) is 1.15. The molecule has 2 nitrogen and oxygen atoms in total. The van der Waals surface area contributed by atoms with Gasteiger partial charge in [0.1, 0.15) is 0 Å². The smallest absolute Gasteiger partial charge is 0 e. The van der Waals surface area contributed by atoms with Gasteiger partial charge in [0.25, 0.3) is 0 Å². The van der Waals surface area contributed by atoms with Gasteiger partial charge in [0.15, 0.2) is 0 Å². The summed E-state index contributed by atoms with van der Waals surface area (Å²) in [6.07, 6.45) is 62.2. The third-order valence-electron chi connectivity index (χ3n) is 15.0. The van der Waals surface area contributed by atoms with E-state index in [1.807, 2.05) is 0 Å². The third-order valence-corrected chi connectivity index (χ3v) is 29.6. The molecular formula is C47H90N2P4Ru. The minimum absolute atomic E-state index is 0. The Hall–Kier alpha value is 1.76. The molecule has 0 heterocycles. The molecule has 0 aromatic carbocycles. The van der Waals surface area contributed by atoms with E-state index in [1.165, 1.54) is 53.2 Å². The summed E-state index contributed by atoms with van der Waals surface area (Å²) in [5, 5.41) is 12.0. The van der Waals surface area contributed by atoms with Gasteiger partial charge in [-0.3, -0.25) is 0 Å². The number of unbranched alkanes of at least 4 members (excludes halogenated alkanes) is 2. The first kappa shape index (κ1) is 50.1. The van der Waals surface area contributed by atoms with Crippen LogP contribution in [0.4, 0.5) is 0 Å². The third kappa shape index (κ3) is 18.2. The van der Waals surface area contributed by atoms with E-state index in [2.05, 4.69) is 13.8 Å². The van der Waals surface area contributed by atoms with Crippen LogP contribution >= 0.6 is 31.7 Å². The molecule has 0 aromatic rings. The Bertz CT molecular complexity index is 727. The number of hydrogen-bond acceptors (Lipinski definition) is 2. The largest absolute Gasteiger partial charge is 0.106 e. The Morgan fingerprint density at radius 3 is 0.648 bits per heavy atom. The van der Waals surface area contributed by atoms with Gasteiger partial charge in [0, 0.05) is 30.3 Å². The van der Waals surface area contributed by atoms with E-state index in [1.54, 1.807) is 230 Å². The van der Waals surface area contributed by atoms with Crippen molar-refractivity contribution < 1.29 is 19.5 Å². The Kier molecular flexibility index (Phi) is 29.3. The molecule has 6 rings (SSSR count). The average Bonchev–Trinajstić information content (AvgIpc) is 3.24. The van der Waals surface area contributed by atoms with E-state index in [0.29, 0.717) is 23.8 Å². The summed E-state index contributed by atoms with van der Waals surface area (Å²) in [4.78, 5) is 0. The Morgan fingerprint density at radius 2 is 0.500 bits per heavy atom. The first-order chi connectivity index (χ1) is 26.3. The van der Waals surface area contributed by atoms with Gasteiger partial charge >= 0.3 is 0 Å². The van der Waals surface area contributed by atoms with Gasteiger partial charge in [-0.25, -0.2) is 0 Å². The molecule has 0 atom stereocenters. The molecular weight excluding hydrogens is 817 g/mol. The van der Waals surface area contributed by atoms with Crippen LogP contribution in [-0.4, -0.2) is 70.9 Å². The van der Waals surface area contributed by atoms with Gasteiger partial charge in [-0.05, 0) is 148 Å². The van der Waals surface area contributed by atoms with Crippen LogP contribution in [0.15, 0.2) is 0 Å². The maximum atomic E-state index is 6.00. The van der Waals surface area contributed by atoms with E-state index < -0.39 is 0 Å². The van der Waals surface area contributed by atoms with E-state index in [-0.39, 0.29) is 27.4 Å². The van der Waals surface area contributed by atoms with Gasteiger partial charge in [0.2, 0.25) is 0 Å². The topological polar surface area (TPSA) is 47.6 Å². The van der Waals surface area contributed by atoms with Crippen LogP contribution < -0.4 is 0 Å². The quantitative estimate of drug-likeness (QED) is 0.0829. The second kappa shape index (κ2) is 31.6. The zero-order chi connectivity index (χ0) is 37.4. The fourth-order valence-corrected chi connectivity index (χ4v) is 28.9. The van der Waals surface area contributed by atoms with E-state index in [4.69, 9.17) is 10.8 Å². The van der Waals surface area contributed by atoms with Crippen LogP contribution in [-0.2, 0) is 19.5 Å². The van der Waals surface area contributed by atoms with Crippen LogP contribution in [0.1, 0.15) is 226 Å². The van der Waals surface area contributed by atoms with Crippen molar-refractivity contribution in [1.82, 2.24) is 0 Å². The second-order valence-corrected chi connectivity index (χ2v) is 30.2. The van der Waals surface area contributed by atoms with E-state index >= 15 is 0 Å². The molecule has 54 heavy (non-hydrogen) atoms. The van der Waals surface area contributed by atoms with Crippen LogP contribution in [0.2, 0.25) is 0 Å². The molecule has 7 heteroatoms. The molecule has 6 aliphatic rings. The minimum atomic E-state index is 0. The van der Waals surface area contributed by atoms with Crippen molar-refractivity contribution >= 4 is 31.7 Å². The molecule has 0 aromatic heterocycles. The van der Waals surface area contributed by atoms with Crippen molar-refractivity contribution in [1.29, 1.82) is 10.8 Å². The van der Waals surface area contributed by atoms with Crippen molar-refractivity contribution in [3.8, 4) is 0 Å². The molecule has 0 aliphatic heterocycles. The molecule has 0 unspecified atom stereocenters. The van der Waals surface area contributed by atoms with Crippen molar-refractivity contribution in [3.05, 3.63) is 0 Å². The molecule has 0 saturated heterocycles. The summed E-state index contributed by atoms with van der Waals surface area (Å²) >= 11 is 0. The Balaban J connectivity index is 0.000000907. The van der Waals surface area contributed by atoms with E-state index in [0.717, 1.165) is 0 Å². The predicted molar refractivity (Wildman–Crippen MR) is 247 cm³/mol. The van der Waals surface area contributed by atoms with Gasteiger partial charge in [-0.1, -0.05) is 172 Å². The maximum absolute atomic E-state index is 6.00. The summed E-state index contributed by atoms with van der Waals surface area (Å²) in [6, 6.07) is 0. The fourth-order valence-electron chi connectivity index (χ4n) is 11.9. The second-order valence-electron chi connectivity index (χ2n) is 18.7. The predicted octanol–water partition coefficient (Wildman–Crippen LogP) is 17.1. The Labute approximate surface area is 356 Å². The summed E-state index contributed by atoms with van der Waals surface area (Å²) < 4.78 is 0. The standard InChI is InChI=1S/C42H78P4.C5H12.N2.Ru/c1-7-19-37(20-8-1)44(38-21-9-2-10-22-38)34-31-43(32-35-45(39-23-11-3-12-24-39)40-25-13-4-14-26-40)33-36-46(41-27-15-5-16-28-41)42-29-17-6-18-30-42;1-3-5-4-2;1-2;/h37-42H,1-36H2;3-5H2,1-2H3;;. The van der Waals surface area contributed by atoms with Crippen LogP contribution in [0.25, 0.3) is 0 Å². The zero-order valence-corrected chi connectivity index (χ0v) is 41.4. The number of rotatable bonds is 17. The maximum Gasteiger partial charge on any atom is 0 e. The van der Waals surface area contributed by atoms with Crippen molar-refractivity contribution in [2.45, 2.75) is 260 Å².